The zero-order valence-corrected chi connectivity index (χ0v) is 12.9. The molecule has 3 nitrogen and oxygen atoms in total. The molecule has 1 N–H and O–H groups in total. The van der Waals surface area contributed by atoms with Crippen molar-refractivity contribution >= 4 is 17.2 Å². The van der Waals surface area contributed by atoms with Crippen LogP contribution in [0.4, 0.5) is 4.39 Å². The summed E-state index contributed by atoms with van der Waals surface area (Å²) in [5.74, 6) is -0.317. The van der Waals surface area contributed by atoms with E-state index in [9.17, 15) is 9.18 Å². The van der Waals surface area contributed by atoms with Gasteiger partial charge in [-0.2, -0.15) is 11.3 Å². The average Bonchev–Trinajstić information content (AvgIpc) is 3.19. The Kier molecular flexibility index (Phi) is 4.85. The highest BCUT2D eigenvalue weighted by atomic mass is 32.1. The molecule has 0 bridgehead atoms. The molecule has 116 valence electrons. The number of carbonyl (C=O) groups is 1. The Labute approximate surface area is 133 Å². The van der Waals surface area contributed by atoms with E-state index in [0.717, 1.165) is 24.0 Å². The standard InChI is InChI=1S/C17H18FNO2S/c18-14-5-3-13(4-6-14)17(15-2-1-8-21-15)19-16(20)10-12-7-9-22-11-12/h3-7,9,11,15,17H,1-2,8,10H2,(H,19,20)/t15-,17+/m0/s1. The number of hydrogen-bond donors (Lipinski definition) is 1. The van der Waals surface area contributed by atoms with E-state index in [4.69, 9.17) is 4.74 Å². The Balaban J connectivity index is 1.73. The normalized spacial score (nSPS) is 19.0. The molecule has 2 aromatic rings. The van der Waals surface area contributed by atoms with Gasteiger partial charge in [0.1, 0.15) is 5.82 Å². The fourth-order valence-electron chi connectivity index (χ4n) is 2.73. The minimum atomic E-state index is -0.278. The highest BCUT2D eigenvalue weighted by Crippen LogP contribution is 2.27. The second kappa shape index (κ2) is 7.03. The van der Waals surface area contributed by atoms with Crippen LogP contribution in [0.3, 0.4) is 0 Å². The molecule has 0 radical (unpaired) electrons. The Morgan fingerprint density at radius 2 is 2.18 bits per heavy atom. The van der Waals surface area contributed by atoms with Gasteiger partial charge in [0.25, 0.3) is 0 Å². The summed E-state index contributed by atoms with van der Waals surface area (Å²) in [6, 6.07) is 7.99. The summed E-state index contributed by atoms with van der Waals surface area (Å²) in [6.07, 6.45) is 2.20. The number of ether oxygens (including phenoxy) is 1. The molecule has 1 fully saturated rings. The SMILES string of the molecule is O=C(Cc1ccsc1)N[C@H](c1ccc(F)cc1)[C@@H]1CCCO1. The molecular formula is C17H18FNO2S. The second-order valence-corrected chi connectivity index (χ2v) is 6.24. The molecule has 2 heterocycles. The van der Waals surface area contributed by atoms with Gasteiger partial charge in [-0.05, 0) is 52.9 Å². The average molecular weight is 319 g/mol. The zero-order chi connectivity index (χ0) is 15.4. The van der Waals surface area contributed by atoms with E-state index >= 15 is 0 Å². The molecule has 2 atom stereocenters. The molecule has 1 aromatic heterocycles. The molecule has 22 heavy (non-hydrogen) atoms. The molecule has 1 amide bonds. The highest BCUT2D eigenvalue weighted by molar-refractivity contribution is 7.07. The fourth-order valence-corrected chi connectivity index (χ4v) is 3.40. The molecule has 1 saturated heterocycles. The summed E-state index contributed by atoms with van der Waals surface area (Å²) in [4.78, 5) is 12.3. The minimum absolute atomic E-state index is 0.0387. The Morgan fingerprint density at radius 3 is 2.82 bits per heavy atom. The van der Waals surface area contributed by atoms with E-state index in [1.54, 1.807) is 23.5 Å². The summed E-state index contributed by atoms with van der Waals surface area (Å²) in [5, 5.41) is 6.98. The maximum Gasteiger partial charge on any atom is 0.225 e. The van der Waals surface area contributed by atoms with Gasteiger partial charge in [-0.15, -0.1) is 0 Å². The first-order valence-corrected chi connectivity index (χ1v) is 8.34. The quantitative estimate of drug-likeness (QED) is 0.916. The summed E-state index contributed by atoms with van der Waals surface area (Å²) in [5.41, 5.74) is 1.89. The van der Waals surface area contributed by atoms with Gasteiger partial charge in [-0.25, -0.2) is 4.39 Å². The van der Waals surface area contributed by atoms with Crippen molar-refractivity contribution in [3.63, 3.8) is 0 Å². The third-order valence-electron chi connectivity index (χ3n) is 3.83. The van der Waals surface area contributed by atoms with E-state index in [0.29, 0.717) is 13.0 Å². The van der Waals surface area contributed by atoms with Crippen LogP contribution in [0.2, 0.25) is 0 Å². The summed E-state index contributed by atoms with van der Waals surface area (Å²) >= 11 is 1.58. The third-order valence-corrected chi connectivity index (χ3v) is 4.56. The van der Waals surface area contributed by atoms with Crippen molar-refractivity contribution < 1.29 is 13.9 Å². The number of rotatable bonds is 5. The molecule has 1 aromatic carbocycles. The van der Waals surface area contributed by atoms with Crippen LogP contribution >= 0.6 is 11.3 Å². The minimum Gasteiger partial charge on any atom is -0.376 e. The van der Waals surface area contributed by atoms with E-state index in [1.165, 1.54) is 12.1 Å². The van der Waals surface area contributed by atoms with Crippen LogP contribution in [0, 0.1) is 5.82 Å². The van der Waals surface area contributed by atoms with Crippen LogP contribution in [0.1, 0.15) is 30.0 Å². The van der Waals surface area contributed by atoms with Crippen molar-refractivity contribution in [2.24, 2.45) is 0 Å². The van der Waals surface area contributed by atoms with Crippen molar-refractivity contribution in [1.29, 1.82) is 0 Å². The molecule has 5 heteroatoms. The Bertz CT molecular complexity index is 606. The first-order chi connectivity index (χ1) is 10.7. The van der Waals surface area contributed by atoms with Gasteiger partial charge in [0.05, 0.1) is 18.6 Å². The number of nitrogens with one attached hydrogen (secondary N) is 1. The van der Waals surface area contributed by atoms with Gasteiger partial charge >= 0.3 is 0 Å². The lowest BCUT2D eigenvalue weighted by Gasteiger charge is -2.24. The van der Waals surface area contributed by atoms with Gasteiger partial charge in [-0.3, -0.25) is 4.79 Å². The smallest absolute Gasteiger partial charge is 0.225 e. The monoisotopic (exact) mass is 319 g/mol. The zero-order valence-electron chi connectivity index (χ0n) is 12.1. The van der Waals surface area contributed by atoms with E-state index in [1.807, 2.05) is 16.8 Å². The van der Waals surface area contributed by atoms with Crippen LogP contribution in [-0.2, 0) is 16.0 Å². The first kappa shape index (κ1) is 15.2. The molecule has 0 saturated carbocycles. The van der Waals surface area contributed by atoms with E-state index < -0.39 is 0 Å². The second-order valence-electron chi connectivity index (χ2n) is 5.46. The summed E-state index contributed by atoms with van der Waals surface area (Å²) < 4.78 is 18.9. The lowest BCUT2D eigenvalue weighted by atomic mass is 9.99. The Morgan fingerprint density at radius 1 is 1.36 bits per heavy atom. The van der Waals surface area contributed by atoms with Crippen LogP contribution in [0.25, 0.3) is 0 Å². The number of benzene rings is 1. The molecule has 0 spiro atoms. The van der Waals surface area contributed by atoms with E-state index in [2.05, 4.69) is 5.32 Å². The van der Waals surface area contributed by atoms with E-state index in [-0.39, 0.29) is 23.9 Å². The van der Waals surface area contributed by atoms with Crippen LogP contribution in [0.5, 0.6) is 0 Å². The van der Waals surface area contributed by atoms with Gasteiger partial charge in [0, 0.05) is 6.61 Å². The molecule has 0 unspecified atom stereocenters. The van der Waals surface area contributed by atoms with Crippen molar-refractivity contribution in [3.8, 4) is 0 Å². The van der Waals surface area contributed by atoms with Crippen LogP contribution in [-0.4, -0.2) is 18.6 Å². The molecule has 3 rings (SSSR count). The van der Waals surface area contributed by atoms with Gasteiger partial charge in [-0.1, -0.05) is 12.1 Å². The number of halogens is 1. The van der Waals surface area contributed by atoms with Gasteiger partial charge < -0.3 is 10.1 Å². The van der Waals surface area contributed by atoms with Crippen molar-refractivity contribution in [2.45, 2.75) is 31.4 Å². The molecule has 1 aliphatic heterocycles. The van der Waals surface area contributed by atoms with Crippen molar-refractivity contribution in [1.82, 2.24) is 5.32 Å². The van der Waals surface area contributed by atoms with Gasteiger partial charge in [0.15, 0.2) is 0 Å². The first-order valence-electron chi connectivity index (χ1n) is 7.40. The molecule has 0 aliphatic carbocycles. The topological polar surface area (TPSA) is 38.3 Å². The number of hydrogen-bond acceptors (Lipinski definition) is 3. The number of thiophene rings is 1. The number of carbonyl (C=O) groups excluding carboxylic acids is 1. The number of amides is 1. The van der Waals surface area contributed by atoms with Gasteiger partial charge in [0.2, 0.25) is 5.91 Å². The lowest BCUT2D eigenvalue weighted by Crippen LogP contribution is -2.36. The third kappa shape index (κ3) is 3.72. The predicted molar refractivity (Wildman–Crippen MR) is 84.3 cm³/mol. The largest absolute Gasteiger partial charge is 0.376 e. The summed E-state index contributed by atoms with van der Waals surface area (Å²) in [6.45, 7) is 0.711. The highest BCUT2D eigenvalue weighted by Gasteiger charge is 2.28. The summed E-state index contributed by atoms with van der Waals surface area (Å²) in [7, 11) is 0. The van der Waals surface area contributed by atoms with Crippen molar-refractivity contribution in [2.75, 3.05) is 6.61 Å². The molecular weight excluding hydrogens is 301 g/mol. The maximum atomic E-state index is 13.1. The molecule has 1 aliphatic rings. The van der Waals surface area contributed by atoms with Crippen LogP contribution in [0.15, 0.2) is 41.1 Å². The lowest BCUT2D eigenvalue weighted by molar-refractivity contribution is -0.122. The Hall–Kier alpha value is -1.72. The maximum absolute atomic E-state index is 13.1. The van der Waals surface area contributed by atoms with Crippen LogP contribution < -0.4 is 5.32 Å². The predicted octanol–water partition coefficient (Wildman–Crippen LogP) is 3.47. The fraction of sp³-hybridized carbons (Fsp3) is 0.353. The van der Waals surface area contributed by atoms with Crippen molar-refractivity contribution in [3.05, 3.63) is 58.0 Å².